The highest BCUT2D eigenvalue weighted by atomic mass is 127. The average molecular weight is 310 g/mol. The zero-order valence-corrected chi connectivity index (χ0v) is 11.2. The minimum absolute atomic E-state index is 0.329. The Labute approximate surface area is 101 Å². The van der Waals surface area contributed by atoms with Crippen molar-refractivity contribution >= 4 is 22.6 Å². The number of halogens is 1. The van der Waals surface area contributed by atoms with Crippen LogP contribution in [0.4, 0.5) is 0 Å². The lowest BCUT2D eigenvalue weighted by Gasteiger charge is -2.09. The van der Waals surface area contributed by atoms with Gasteiger partial charge < -0.3 is 9.47 Å². The summed E-state index contributed by atoms with van der Waals surface area (Å²) in [7, 11) is 0. The Balaban J connectivity index is 3.64. The SMILES string of the molecule is CCOC(C#CCCCCI)OCC. The molecule has 82 valence electrons. The Morgan fingerprint density at radius 2 is 1.79 bits per heavy atom. The van der Waals surface area contributed by atoms with Gasteiger partial charge in [-0.05, 0) is 37.0 Å². The zero-order chi connectivity index (χ0) is 10.6. The lowest BCUT2D eigenvalue weighted by molar-refractivity contribution is -0.0970. The number of ether oxygens (including phenoxy) is 2. The molecule has 0 aromatic heterocycles. The van der Waals surface area contributed by atoms with Crippen LogP contribution in [-0.2, 0) is 9.47 Å². The molecule has 0 radical (unpaired) electrons. The van der Waals surface area contributed by atoms with Crippen molar-refractivity contribution in [2.24, 2.45) is 0 Å². The molecule has 0 aliphatic rings. The average Bonchev–Trinajstić information content (AvgIpc) is 2.18. The lowest BCUT2D eigenvalue weighted by Crippen LogP contribution is -2.14. The van der Waals surface area contributed by atoms with E-state index in [9.17, 15) is 0 Å². The molecule has 0 fully saturated rings. The fourth-order valence-corrected chi connectivity index (χ4v) is 1.44. The Morgan fingerprint density at radius 1 is 1.14 bits per heavy atom. The summed E-state index contributed by atoms with van der Waals surface area (Å²) < 4.78 is 11.8. The second kappa shape index (κ2) is 11.3. The molecule has 0 N–H and O–H groups in total. The molecule has 0 amide bonds. The van der Waals surface area contributed by atoms with Crippen molar-refractivity contribution < 1.29 is 9.47 Å². The largest absolute Gasteiger partial charge is 0.342 e. The molecule has 0 saturated carbocycles. The predicted molar refractivity (Wildman–Crippen MR) is 67.6 cm³/mol. The van der Waals surface area contributed by atoms with E-state index < -0.39 is 0 Å². The highest BCUT2D eigenvalue weighted by Crippen LogP contribution is 1.98. The molecule has 0 rings (SSSR count). The summed E-state index contributed by atoms with van der Waals surface area (Å²) in [5.41, 5.74) is 0. The van der Waals surface area contributed by atoms with Crippen LogP contribution in [0.2, 0.25) is 0 Å². The summed E-state index contributed by atoms with van der Waals surface area (Å²) in [5, 5.41) is 0. The number of hydrogen-bond donors (Lipinski definition) is 0. The van der Waals surface area contributed by atoms with Gasteiger partial charge in [0.1, 0.15) is 0 Å². The first kappa shape index (κ1) is 14.2. The summed E-state index contributed by atoms with van der Waals surface area (Å²) in [5.74, 6) is 6.07. The number of unbranched alkanes of at least 4 members (excludes halogenated alkanes) is 2. The predicted octanol–water partition coefficient (Wildman–Crippen LogP) is 2.99. The van der Waals surface area contributed by atoms with Gasteiger partial charge in [-0.15, -0.1) is 0 Å². The molecule has 0 aliphatic carbocycles. The maximum atomic E-state index is 5.29. The number of alkyl halides is 1. The molecule has 0 bridgehead atoms. The minimum Gasteiger partial charge on any atom is -0.342 e. The molecule has 2 nitrogen and oxygen atoms in total. The summed E-state index contributed by atoms with van der Waals surface area (Å²) in [6.07, 6.45) is 3.02. The van der Waals surface area contributed by atoms with Crippen molar-refractivity contribution in [3.63, 3.8) is 0 Å². The van der Waals surface area contributed by atoms with Gasteiger partial charge in [-0.3, -0.25) is 0 Å². The summed E-state index contributed by atoms with van der Waals surface area (Å²) >= 11 is 2.38. The van der Waals surface area contributed by atoms with Crippen LogP contribution in [0.15, 0.2) is 0 Å². The number of hydrogen-bond acceptors (Lipinski definition) is 2. The Hall–Kier alpha value is 0.210. The maximum absolute atomic E-state index is 5.29. The van der Waals surface area contributed by atoms with Crippen LogP contribution >= 0.6 is 22.6 Å². The molecule has 14 heavy (non-hydrogen) atoms. The highest BCUT2D eigenvalue weighted by Gasteiger charge is 2.00. The topological polar surface area (TPSA) is 18.5 Å². The van der Waals surface area contributed by atoms with Crippen LogP contribution in [0.25, 0.3) is 0 Å². The summed E-state index contributed by atoms with van der Waals surface area (Å²) in [6.45, 7) is 5.19. The van der Waals surface area contributed by atoms with E-state index in [0.717, 1.165) is 6.42 Å². The summed E-state index contributed by atoms with van der Waals surface area (Å²) in [4.78, 5) is 0. The van der Waals surface area contributed by atoms with E-state index in [1.807, 2.05) is 13.8 Å². The second-order valence-electron chi connectivity index (χ2n) is 2.71. The van der Waals surface area contributed by atoms with Crippen LogP contribution in [-0.4, -0.2) is 23.9 Å². The van der Waals surface area contributed by atoms with E-state index in [-0.39, 0.29) is 6.29 Å². The monoisotopic (exact) mass is 310 g/mol. The van der Waals surface area contributed by atoms with Crippen molar-refractivity contribution in [1.29, 1.82) is 0 Å². The first-order chi connectivity index (χ1) is 6.85. The van der Waals surface area contributed by atoms with Crippen molar-refractivity contribution in [3.05, 3.63) is 0 Å². The molecule has 0 unspecified atom stereocenters. The van der Waals surface area contributed by atoms with Gasteiger partial charge in [0.25, 0.3) is 0 Å². The van der Waals surface area contributed by atoms with Crippen molar-refractivity contribution in [2.75, 3.05) is 17.6 Å². The van der Waals surface area contributed by atoms with Gasteiger partial charge in [-0.2, -0.15) is 0 Å². The standard InChI is InChI=1S/C11H19IO2/c1-3-13-11(14-4-2)9-7-5-6-8-10-12/h11H,3-6,8,10H2,1-2H3. The molecule has 0 aromatic rings. The van der Waals surface area contributed by atoms with Crippen molar-refractivity contribution in [3.8, 4) is 11.8 Å². The first-order valence-corrected chi connectivity index (χ1v) is 6.65. The van der Waals surface area contributed by atoms with Crippen LogP contribution < -0.4 is 0 Å². The maximum Gasteiger partial charge on any atom is 0.222 e. The van der Waals surface area contributed by atoms with Gasteiger partial charge in [0, 0.05) is 19.6 Å². The van der Waals surface area contributed by atoms with Gasteiger partial charge in [0.05, 0.1) is 0 Å². The third-order valence-electron chi connectivity index (χ3n) is 1.54. The second-order valence-corrected chi connectivity index (χ2v) is 3.79. The molecule has 0 aromatic carbocycles. The van der Waals surface area contributed by atoms with Crippen molar-refractivity contribution in [2.45, 2.75) is 39.4 Å². The fraction of sp³-hybridized carbons (Fsp3) is 0.818. The zero-order valence-electron chi connectivity index (χ0n) is 9.01. The summed E-state index contributed by atoms with van der Waals surface area (Å²) in [6, 6.07) is 0. The van der Waals surface area contributed by atoms with Crippen molar-refractivity contribution in [1.82, 2.24) is 0 Å². The Bertz CT molecular complexity index is 166. The van der Waals surface area contributed by atoms with Gasteiger partial charge in [0.15, 0.2) is 0 Å². The minimum atomic E-state index is -0.329. The van der Waals surface area contributed by atoms with E-state index in [1.54, 1.807) is 0 Å². The lowest BCUT2D eigenvalue weighted by atomic mass is 10.2. The van der Waals surface area contributed by atoms with Gasteiger partial charge >= 0.3 is 0 Å². The van der Waals surface area contributed by atoms with E-state index >= 15 is 0 Å². The van der Waals surface area contributed by atoms with Gasteiger partial charge in [-0.1, -0.05) is 28.5 Å². The van der Waals surface area contributed by atoms with Crippen LogP contribution in [0.5, 0.6) is 0 Å². The fourth-order valence-electron chi connectivity index (χ4n) is 0.898. The van der Waals surface area contributed by atoms with E-state index in [2.05, 4.69) is 34.4 Å². The molecule has 0 atom stereocenters. The Morgan fingerprint density at radius 3 is 2.29 bits per heavy atom. The van der Waals surface area contributed by atoms with Gasteiger partial charge in [-0.25, -0.2) is 0 Å². The number of rotatable bonds is 7. The highest BCUT2D eigenvalue weighted by molar-refractivity contribution is 14.1. The van der Waals surface area contributed by atoms with Crippen LogP contribution in [0, 0.1) is 11.8 Å². The quantitative estimate of drug-likeness (QED) is 0.237. The molecule has 0 saturated heterocycles. The van der Waals surface area contributed by atoms with E-state index in [4.69, 9.17) is 9.47 Å². The molecule has 0 aliphatic heterocycles. The molecular weight excluding hydrogens is 291 g/mol. The van der Waals surface area contributed by atoms with Crippen LogP contribution in [0.1, 0.15) is 33.1 Å². The normalized spacial score (nSPS) is 10.0. The third kappa shape index (κ3) is 8.79. The molecule has 3 heteroatoms. The van der Waals surface area contributed by atoms with Crippen LogP contribution in [0.3, 0.4) is 0 Å². The van der Waals surface area contributed by atoms with Gasteiger partial charge in [0.2, 0.25) is 6.29 Å². The molecule has 0 spiro atoms. The molecule has 0 heterocycles. The van der Waals surface area contributed by atoms with E-state index in [1.165, 1.54) is 17.3 Å². The van der Waals surface area contributed by atoms with E-state index in [0.29, 0.717) is 13.2 Å². The third-order valence-corrected chi connectivity index (χ3v) is 2.30. The smallest absolute Gasteiger partial charge is 0.222 e. The first-order valence-electron chi connectivity index (χ1n) is 5.12. The molecular formula is C11H19IO2. The Kier molecular flexibility index (Phi) is 11.5.